The molecule has 7 nitrogen and oxygen atoms in total. The maximum atomic E-state index is 13.0. The predicted octanol–water partition coefficient (Wildman–Crippen LogP) is 4.79. The highest BCUT2D eigenvalue weighted by atomic mass is 35.5. The van der Waals surface area contributed by atoms with Crippen LogP contribution in [0.2, 0.25) is 10.0 Å². The molecule has 9 heteroatoms. The normalized spacial score (nSPS) is 14.3. The van der Waals surface area contributed by atoms with Crippen LogP contribution in [0.4, 0.5) is 0 Å². The predicted molar refractivity (Wildman–Crippen MR) is 147 cm³/mol. The highest BCUT2D eigenvalue weighted by molar-refractivity contribution is 6.42. The van der Waals surface area contributed by atoms with Crippen molar-refractivity contribution in [2.75, 3.05) is 39.8 Å². The topological polar surface area (TPSA) is 61.7 Å². The third-order valence-corrected chi connectivity index (χ3v) is 7.20. The summed E-state index contributed by atoms with van der Waals surface area (Å²) in [7, 11) is 1.82. The Morgan fingerprint density at radius 2 is 1.68 bits per heavy atom. The first-order chi connectivity index (χ1) is 17.7. The zero-order valence-electron chi connectivity index (χ0n) is 21.5. The van der Waals surface area contributed by atoms with Crippen LogP contribution in [0.15, 0.2) is 54.6 Å². The second kappa shape index (κ2) is 12.1. The number of hydrogen-bond acceptors (Lipinski definition) is 4. The lowest BCUT2D eigenvalue weighted by Gasteiger charge is -2.35. The number of hydrogen-bond donors (Lipinski definition) is 0. The van der Waals surface area contributed by atoms with Crippen molar-refractivity contribution in [3.05, 3.63) is 81.6 Å². The Kier molecular flexibility index (Phi) is 8.90. The number of rotatable bonds is 8. The van der Waals surface area contributed by atoms with E-state index in [0.29, 0.717) is 60.8 Å². The lowest BCUT2D eigenvalue weighted by molar-refractivity contribution is -0.132. The molecule has 0 saturated carbocycles. The van der Waals surface area contributed by atoms with Crippen molar-refractivity contribution in [1.29, 1.82) is 0 Å². The third kappa shape index (κ3) is 6.92. The minimum atomic E-state index is -0.0761. The summed E-state index contributed by atoms with van der Waals surface area (Å²) < 4.78 is 1.98. The molecule has 0 radical (unpaired) electrons. The third-order valence-electron chi connectivity index (χ3n) is 6.46. The van der Waals surface area contributed by atoms with E-state index < -0.39 is 0 Å². The molecular weight excluding hydrogens is 509 g/mol. The van der Waals surface area contributed by atoms with Gasteiger partial charge in [-0.3, -0.25) is 14.5 Å². The summed E-state index contributed by atoms with van der Waals surface area (Å²) in [6.07, 6.45) is 0.908. The van der Waals surface area contributed by atoms with Crippen LogP contribution in [0, 0.1) is 5.92 Å². The molecule has 2 heterocycles. The van der Waals surface area contributed by atoms with Crippen LogP contribution >= 0.6 is 23.2 Å². The molecule has 0 spiro atoms. The Hall–Kier alpha value is -2.87. The fourth-order valence-corrected chi connectivity index (χ4v) is 4.77. The molecule has 0 atom stereocenters. The van der Waals surface area contributed by atoms with Gasteiger partial charge in [-0.1, -0.05) is 55.2 Å². The van der Waals surface area contributed by atoms with Crippen LogP contribution in [0.3, 0.4) is 0 Å². The molecule has 1 aliphatic rings. The average Bonchev–Trinajstić information content (AvgIpc) is 3.27. The maximum Gasteiger partial charge on any atom is 0.253 e. The molecule has 196 valence electrons. The fourth-order valence-electron chi connectivity index (χ4n) is 4.47. The molecule has 1 aliphatic heterocycles. The van der Waals surface area contributed by atoms with Gasteiger partial charge in [0.15, 0.2) is 0 Å². The standard InChI is InChI=1S/C28H33Cl2N5O2/c1-20(2)15-24-17-22(31-35(24)23-7-5-4-6-8-23)18-32(3)27(36)19-33-11-13-34(14-12-33)28(37)21-9-10-25(29)26(30)16-21/h4-10,16-17,20H,11-15,18-19H2,1-3H3. The Morgan fingerprint density at radius 1 is 0.973 bits per heavy atom. The number of aromatic nitrogens is 2. The van der Waals surface area contributed by atoms with Gasteiger partial charge in [0.05, 0.1) is 34.5 Å². The van der Waals surface area contributed by atoms with Gasteiger partial charge in [0.1, 0.15) is 0 Å². The molecule has 0 N–H and O–H groups in total. The Labute approximate surface area is 228 Å². The highest BCUT2D eigenvalue weighted by Gasteiger charge is 2.25. The van der Waals surface area contributed by atoms with Crippen molar-refractivity contribution >= 4 is 35.0 Å². The number of likely N-dealkylation sites (N-methyl/N-ethyl adjacent to an activating group) is 1. The van der Waals surface area contributed by atoms with Gasteiger partial charge in [0.2, 0.25) is 5.91 Å². The van der Waals surface area contributed by atoms with E-state index in [-0.39, 0.29) is 11.8 Å². The van der Waals surface area contributed by atoms with E-state index in [0.717, 1.165) is 23.5 Å². The summed E-state index contributed by atoms with van der Waals surface area (Å²) in [6, 6.07) is 17.1. The number of nitrogens with zero attached hydrogens (tertiary/aromatic N) is 5. The zero-order valence-corrected chi connectivity index (χ0v) is 23.0. The Bertz CT molecular complexity index is 1240. The maximum absolute atomic E-state index is 13.0. The number of benzene rings is 2. The zero-order chi connectivity index (χ0) is 26.5. The minimum Gasteiger partial charge on any atom is -0.339 e. The van der Waals surface area contributed by atoms with Crippen molar-refractivity contribution in [3.63, 3.8) is 0 Å². The summed E-state index contributed by atoms with van der Waals surface area (Å²) in [4.78, 5) is 31.4. The van der Waals surface area contributed by atoms with Crippen LogP contribution in [0.1, 0.15) is 35.6 Å². The van der Waals surface area contributed by atoms with Gasteiger partial charge in [-0.05, 0) is 48.7 Å². The number of para-hydroxylation sites is 1. The number of amides is 2. The van der Waals surface area contributed by atoms with Gasteiger partial charge in [0, 0.05) is 44.5 Å². The van der Waals surface area contributed by atoms with Crippen molar-refractivity contribution < 1.29 is 9.59 Å². The van der Waals surface area contributed by atoms with E-state index in [1.165, 1.54) is 0 Å². The van der Waals surface area contributed by atoms with Crippen LogP contribution in [0.25, 0.3) is 5.69 Å². The van der Waals surface area contributed by atoms with E-state index in [1.807, 2.05) is 42.1 Å². The van der Waals surface area contributed by atoms with Crippen molar-refractivity contribution in [1.82, 2.24) is 24.5 Å². The number of piperazine rings is 1. The largest absolute Gasteiger partial charge is 0.339 e. The molecule has 2 aromatic carbocycles. The van der Waals surface area contributed by atoms with E-state index in [2.05, 4.69) is 24.8 Å². The van der Waals surface area contributed by atoms with Crippen molar-refractivity contribution in [3.8, 4) is 5.69 Å². The van der Waals surface area contributed by atoms with Crippen molar-refractivity contribution in [2.24, 2.45) is 5.92 Å². The minimum absolute atomic E-state index is 0.0314. The van der Waals surface area contributed by atoms with Gasteiger partial charge in [-0.25, -0.2) is 4.68 Å². The number of halogens is 2. The second-order valence-corrected chi connectivity index (χ2v) is 10.7. The smallest absolute Gasteiger partial charge is 0.253 e. The molecule has 4 rings (SSSR count). The van der Waals surface area contributed by atoms with Crippen molar-refractivity contribution in [2.45, 2.75) is 26.8 Å². The molecular formula is C28H33Cl2N5O2. The molecule has 2 amide bonds. The molecule has 37 heavy (non-hydrogen) atoms. The van der Waals surface area contributed by atoms with Crippen LogP contribution in [0.5, 0.6) is 0 Å². The molecule has 0 unspecified atom stereocenters. The fraction of sp³-hybridized carbons (Fsp3) is 0.393. The van der Waals surface area contributed by atoms with Gasteiger partial charge in [-0.15, -0.1) is 0 Å². The second-order valence-electron chi connectivity index (χ2n) is 9.92. The van der Waals surface area contributed by atoms with Gasteiger partial charge in [0.25, 0.3) is 5.91 Å². The molecule has 3 aromatic rings. The summed E-state index contributed by atoms with van der Waals surface area (Å²) in [5, 5.41) is 5.61. The highest BCUT2D eigenvalue weighted by Crippen LogP contribution is 2.23. The SMILES string of the molecule is CC(C)Cc1cc(CN(C)C(=O)CN2CCN(C(=O)c3ccc(Cl)c(Cl)c3)CC2)nn1-c1ccccc1. The van der Waals surface area contributed by atoms with E-state index in [4.69, 9.17) is 28.3 Å². The summed E-state index contributed by atoms with van der Waals surface area (Å²) >= 11 is 12.0. The molecule has 1 fully saturated rings. The first-order valence-corrected chi connectivity index (χ1v) is 13.3. The Balaban J connectivity index is 1.32. The van der Waals surface area contributed by atoms with Gasteiger partial charge < -0.3 is 9.80 Å². The van der Waals surface area contributed by atoms with Crippen LogP contribution in [-0.2, 0) is 17.8 Å². The van der Waals surface area contributed by atoms with Gasteiger partial charge >= 0.3 is 0 Å². The first-order valence-electron chi connectivity index (χ1n) is 12.5. The average molecular weight is 543 g/mol. The molecule has 1 saturated heterocycles. The lowest BCUT2D eigenvalue weighted by Crippen LogP contribution is -2.51. The summed E-state index contributed by atoms with van der Waals surface area (Å²) in [6.45, 7) is 7.50. The monoisotopic (exact) mass is 541 g/mol. The van der Waals surface area contributed by atoms with E-state index in [9.17, 15) is 9.59 Å². The van der Waals surface area contributed by atoms with Gasteiger partial charge in [-0.2, -0.15) is 5.10 Å². The molecule has 1 aromatic heterocycles. The lowest BCUT2D eigenvalue weighted by atomic mass is 10.1. The van der Waals surface area contributed by atoms with Crippen LogP contribution < -0.4 is 0 Å². The molecule has 0 bridgehead atoms. The van der Waals surface area contributed by atoms with E-state index >= 15 is 0 Å². The molecule has 0 aliphatic carbocycles. The quantitative estimate of drug-likeness (QED) is 0.411. The number of carbonyl (C=O) groups excluding carboxylic acids is 2. The number of carbonyl (C=O) groups is 2. The first kappa shape index (κ1) is 27.2. The Morgan fingerprint density at radius 3 is 2.32 bits per heavy atom. The van der Waals surface area contributed by atoms with E-state index in [1.54, 1.807) is 28.0 Å². The van der Waals surface area contributed by atoms with Crippen LogP contribution in [-0.4, -0.2) is 76.1 Å². The summed E-state index contributed by atoms with van der Waals surface area (Å²) in [5.74, 6) is 0.449. The summed E-state index contributed by atoms with van der Waals surface area (Å²) in [5.41, 5.74) is 3.55.